The lowest BCUT2D eigenvalue weighted by atomic mass is 9.77. The van der Waals surface area contributed by atoms with Crippen molar-refractivity contribution in [2.75, 3.05) is 13.2 Å². The molecule has 0 aliphatic carbocycles. The molecule has 1 saturated heterocycles. The summed E-state index contributed by atoms with van der Waals surface area (Å²) < 4.78 is 5.16. The van der Waals surface area contributed by atoms with Gasteiger partial charge >= 0.3 is 0 Å². The number of nitrogens with two attached hydrogens (primary N) is 1. The summed E-state index contributed by atoms with van der Waals surface area (Å²) in [6.07, 6.45) is 0. The quantitative estimate of drug-likeness (QED) is 0.927. The van der Waals surface area contributed by atoms with Crippen LogP contribution in [0, 0.1) is 16.7 Å². The molecule has 1 aliphatic rings. The van der Waals surface area contributed by atoms with Gasteiger partial charge < -0.3 is 10.5 Å². The third-order valence-corrected chi connectivity index (χ3v) is 3.91. The van der Waals surface area contributed by atoms with E-state index in [4.69, 9.17) is 10.5 Å². The van der Waals surface area contributed by atoms with E-state index in [1.807, 2.05) is 30.3 Å². The summed E-state index contributed by atoms with van der Waals surface area (Å²) in [4.78, 5) is 0. The Hall–Kier alpha value is -2.15. The van der Waals surface area contributed by atoms with Crippen molar-refractivity contribution in [3.05, 3.63) is 60.2 Å². The van der Waals surface area contributed by atoms with Crippen molar-refractivity contribution in [3.8, 4) is 17.2 Å². The first kappa shape index (κ1) is 12.9. The highest BCUT2D eigenvalue weighted by molar-refractivity contribution is 5.63. The fourth-order valence-corrected chi connectivity index (χ4v) is 2.47. The van der Waals surface area contributed by atoms with Crippen LogP contribution in [-0.4, -0.2) is 13.2 Å². The van der Waals surface area contributed by atoms with Gasteiger partial charge in [-0.1, -0.05) is 54.6 Å². The molecule has 3 heteroatoms. The maximum absolute atomic E-state index is 9.29. The number of ether oxygens (including phenoxy) is 1. The average Bonchev–Trinajstić information content (AvgIpc) is 2.48. The molecule has 3 rings (SSSR count). The van der Waals surface area contributed by atoms with Gasteiger partial charge in [0.05, 0.1) is 25.3 Å². The zero-order valence-corrected chi connectivity index (χ0v) is 11.1. The van der Waals surface area contributed by atoms with Gasteiger partial charge in [0, 0.05) is 0 Å². The number of rotatable bonds is 3. The van der Waals surface area contributed by atoms with Gasteiger partial charge in [0.15, 0.2) is 0 Å². The molecule has 1 unspecified atom stereocenters. The van der Waals surface area contributed by atoms with E-state index in [1.54, 1.807) is 0 Å². The lowest BCUT2D eigenvalue weighted by Crippen LogP contribution is -2.49. The number of hydrogen-bond acceptors (Lipinski definition) is 3. The highest BCUT2D eigenvalue weighted by Gasteiger charge is 2.45. The maximum atomic E-state index is 9.29. The minimum absolute atomic E-state index is 0.300. The molecule has 1 aliphatic heterocycles. The second-order valence-corrected chi connectivity index (χ2v) is 5.23. The third-order valence-electron chi connectivity index (χ3n) is 3.91. The van der Waals surface area contributed by atoms with E-state index in [-0.39, 0.29) is 6.04 Å². The summed E-state index contributed by atoms with van der Waals surface area (Å²) >= 11 is 0. The molecule has 0 aromatic heterocycles. The van der Waals surface area contributed by atoms with E-state index in [0.717, 1.165) is 11.1 Å². The molecular weight excluding hydrogens is 248 g/mol. The van der Waals surface area contributed by atoms with Crippen LogP contribution in [0.1, 0.15) is 11.6 Å². The van der Waals surface area contributed by atoms with Crippen LogP contribution in [0.5, 0.6) is 0 Å². The normalized spacial score (nSPS) is 17.8. The fourth-order valence-electron chi connectivity index (χ4n) is 2.47. The first-order valence-corrected chi connectivity index (χ1v) is 6.65. The van der Waals surface area contributed by atoms with E-state index in [9.17, 15) is 5.26 Å². The first-order chi connectivity index (χ1) is 9.75. The third kappa shape index (κ3) is 2.09. The predicted molar refractivity (Wildman–Crippen MR) is 77.7 cm³/mol. The fraction of sp³-hybridized carbons (Fsp3) is 0.235. The SMILES string of the molecule is N#CC1(C(N)c2ccc(-c3ccccc3)cc2)COC1. The van der Waals surface area contributed by atoms with Crippen LogP contribution in [0.15, 0.2) is 54.6 Å². The molecule has 0 bridgehead atoms. The van der Waals surface area contributed by atoms with Crippen LogP contribution in [0.25, 0.3) is 11.1 Å². The van der Waals surface area contributed by atoms with Crippen LogP contribution < -0.4 is 5.73 Å². The molecule has 1 atom stereocenters. The van der Waals surface area contributed by atoms with Crippen LogP contribution in [0.3, 0.4) is 0 Å². The minimum Gasteiger partial charge on any atom is -0.378 e. The summed E-state index contributed by atoms with van der Waals surface area (Å²) in [5, 5.41) is 9.29. The van der Waals surface area contributed by atoms with Crippen LogP contribution in [0.2, 0.25) is 0 Å². The first-order valence-electron chi connectivity index (χ1n) is 6.65. The van der Waals surface area contributed by atoms with E-state index in [0.29, 0.717) is 13.2 Å². The van der Waals surface area contributed by atoms with Crippen molar-refractivity contribution < 1.29 is 4.74 Å². The summed E-state index contributed by atoms with van der Waals surface area (Å²) in [7, 11) is 0. The highest BCUT2D eigenvalue weighted by Crippen LogP contribution is 2.38. The summed E-state index contributed by atoms with van der Waals surface area (Å²) in [6.45, 7) is 0.843. The molecule has 20 heavy (non-hydrogen) atoms. The van der Waals surface area contributed by atoms with Gasteiger partial charge in [-0.3, -0.25) is 0 Å². The van der Waals surface area contributed by atoms with E-state index in [2.05, 4.69) is 30.3 Å². The average molecular weight is 264 g/mol. The van der Waals surface area contributed by atoms with Gasteiger partial charge in [0.1, 0.15) is 5.41 Å². The Balaban J connectivity index is 1.85. The molecule has 100 valence electrons. The Morgan fingerprint density at radius 1 is 1.00 bits per heavy atom. The molecule has 0 amide bonds. The van der Waals surface area contributed by atoms with Gasteiger partial charge in [-0.05, 0) is 16.7 Å². The molecular formula is C17H16N2O. The number of nitriles is 1. The Bertz CT molecular complexity index is 624. The Morgan fingerprint density at radius 2 is 1.60 bits per heavy atom. The van der Waals surface area contributed by atoms with Gasteiger partial charge in [-0.25, -0.2) is 0 Å². The smallest absolute Gasteiger partial charge is 0.123 e. The second-order valence-electron chi connectivity index (χ2n) is 5.23. The molecule has 3 nitrogen and oxygen atoms in total. The second kappa shape index (κ2) is 5.09. The maximum Gasteiger partial charge on any atom is 0.123 e. The predicted octanol–water partition coefficient (Wildman–Crippen LogP) is 2.89. The molecule has 0 radical (unpaired) electrons. The molecule has 2 N–H and O–H groups in total. The van der Waals surface area contributed by atoms with E-state index < -0.39 is 5.41 Å². The van der Waals surface area contributed by atoms with Crippen molar-refractivity contribution in [1.82, 2.24) is 0 Å². The minimum atomic E-state index is -0.561. The summed E-state index contributed by atoms with van der Waals surface area (Å²) in [5.74, 6) is 0. The number of nitrogens with zero attached hydrogens (tertiary/aromatic N) is 1. The highest BCUT2D eigenvalue weighted by atomic mass is 16.5. The van der Waals surface area contributed by atoms with Crippen LogP contribution >= 0.6 is 0 Å². The molecule has 0 saturated carbocycles. The Kier molecular flexibility index (Phi) is 3.27. The topological polar surface area (TPSA) is 59.0 Å². The summed E-state index contributed by atoms with van der Waals surface area (Å²) in [5.41, 5.74) is 8.98. The monoisotopic (exact) mass is 264 g/mol. The van der Waals surface area contributed by atoms with Gasteiger partial charge in [-0.2, -0.15) is 5.26 Å². The van der Waals surface area contributed by atoms with Crippen molar-refractivity contribution in [3.63, 3.8) is 0 Å². The van der Waals surface area contributed by atoms with Crippen molar-refractivity contribution in [2.24, 2.45) is 11.1 Å². The van der Waals surface area contributed by atoms with Gasteiger partial charge in [0.25, 0.3) is 0 Å². The molecule has 0 spiro atoms. The van der Waals surface area contributed by atoms with Crippen molar-refractivity contribution >= 4 is 0 Å². The molecule has 1 heterocycles. The van der Waals surface area contributed by atoms with Crippen LogP contribution in [0.4, 0.5) is 0 Å². The zero-order valence-electron chi connectivity index (χ0n) is 11.1. The molecule has 1 fully saturated rings. The largest absolute Gasteiger partial charge is 0.378 e. The summed E-state index contributed by atoms with van der Waals surface area (Å²) in [6, 6.07) is 20.3. The Morgan fingerprint density at radius 3 is 2.10 bits per heavy atom. The van der Waals surface area contributed by atoms with E-state index >= 15 is 0 Å². The van der Waals surface area contributed by atoms with Crippen molar-refractivity contribution in [2.45, 2.75) is 6.04 Å². The lowest BCUT2D eigenvalue weighted by Gasteiger charge is -2.39. The number of hydrogen-bond donors (Lipinski definition) is 1. The lowest BCUT2D eigenvalue weighted by molar-refractivity contribution is -0.0910. The molecule has 2 aromatic rings. The van der Waals surface area contributed by atoms with Crippen LogP contribution in [-0.2, 0) is 4.74 Å². The van der Waals surface area contributed by atoms with Gasteiger partial charge in [0.2, 0.25) is 0 Å². The standard InChI is InChI=1S/C17H16N2O/c18-10-17(11-20-12-17)16(19)15-8-6-14(7-9-15)13-4-2-1-3-5-13/h1-9,16H,11-12,19H2. The van der Waals surface area contributed by atoms with Gasteiger partial charge in [-0.15, -0.1) is 0 Å². The van der Waals surface area contributed by atoms with Crippen molar-refractivity contribution in [1.29, 1.82) is 5.26 Å². The van der Waals surface area contributed by atoms with E-state index in [1.165, 1.54) is 5.56 Å². The molecule has 2 aromatic carbocycles. The number of benzene rings is 2. The Labute approximate surface area is 118 Å². The zero-order chi connectivity index (χ0) is 14.0.